The quantitative estimate of drug-likeness (QED) is 0.906. The first-order chi connectivity index (χ1) is 12.0. The van der Waals surface area contributed by atoms with Gasteiger partial charge in [-0.25, -0.2) is 0 Å². The normalized spacial score (nSPS) is 18.8. The van der Waals surface area contributed by atoms with E-state index < -0.39 is 0 Å². The summed E-state index contributed by atoms with van der Waals surface area (Å²) in [7, 11) is 1.91. The Morgan fingerprint density at radius 3 is 2.76 bits per heavy atom. The van der Waals surface area contributed by atoms with E-state index in [-0.39, 0.29) is 23.9 Å². The number of hydrogen-bond donors (Lipinski definition) is 1. The van der Waals surface area contributed by atoms with E-state index in [1.807, 2.05) is 53.1 Å². The summed E-state index contributed by atoms with van der Waals surface area (Å²) in [6, 6.07) is 7.90. The average Bonchev–Trinajstić information content (AvgIpc) is 3.24. The number of nitrogens with one attached hydrogen (secondary N) is 1. The third-order valence-corrected chi connectivity index (χ3v) is 6.01. The second-order valence-electron chi connectivity index (χ2n) is 6.64. The molecule has 0 spiro atoms. The van der Waals surface area contributed by atoms with Gasteiger partial charge in [-0.3, -0.25) is 9.59 Å². The molecule has 0 saturated carbocycles. The lowest BCUT2D eigenvalue weighted by atomic mass is 9.99. The summed E-state index contributed by atoms with van der Waals surface area (Å²) in [5.41, 5.74) is 1.66. The zero-order chi connectivity index (χ0) is 18.0. The fourth-order valence-corrected chi connectivity index (χ4v) is 4.32. The van der Waals surface area contributed by atoms with Gasteiger partial charge < -0.3 is 14.8 Å². The molecule has 2 amide bonds. The van der Waals surface area contributed by atoms with Crippen LogP contribution in [-0.4, -0.2) is 27.8 Å². The Balaban J connectivity index is 1.78. The van der Waals surface area contributed by atoms with E-state index >= 15 is 0 Å². The van der Waals surface area contributed by atoms with Gasteiger partial charge in [0.25, 0.3) is 5.91 Å². The van der Waals surface area contributed by atoms with Gasteiger partial charge >= 0.3 is 0 Å². The Kier molecular flexibility index (Phi) is 5.27. The van der Waals surface area contributed by atoms with E-state index in [9.17, 15) is 9.59 Å². The SMILES string of the molecule is CC(=O)N1CCCCC1c1ccc(C(=O)NC(C)c2cccs2)n1C. The molecule has 1 aliphatic heterocycles. The molecule has 0 aliphatic carbocycles. The number of piperidine rings is 1. The number of hydrogen-bond acceptors (Lipinski definition) is 3. The lowest BCUT2D eigenvalue weighted by Crippen LogP contribution is -2.38. The Bertz CT molecular complexity index is 751. The minimum Gasteiger partial charge on any atom is -0.343 e. The maximum Gasteiger partial charge on any atom is 0.268 e. The van der Waals surface area contributed by atoms with Crippen LogP contribution in [0.15, 0.2) is 29.6 Å². The van der Waals surface area contributed by atoms with Crippen molar-refractivity contribution in [2.75, 3.05) is 6.54 Å². The van der Waals surface area contributed by atoms with Crippen molar-refractivity contribution in [3.05, 3.63) is 45.9 Å². The third-order valence-electron chi connectivity index (χ3n) is 4.96. The molecule has 134 valence electrons. The maximum atomic E-state index is 12.7. The van der Waals surface area contributed by atoms with E-state index in [2.05, 4.69) is 5.32 Å². The largest absolute Gasteiger partial charge is 0.343 e. The molecule has 2 unspecified atom stereocenters. The molecule has 0 aromatic carbocycles. The Morgan fingerprint density at radius 1 is 1.28 bits per heavy atom. The Labute approximate surface area is 152 Å². The molecule has 6 heteroatoms. The van der Waals surface area contributed by atoms with Crippen molar-refractivity contribution in [3.8, 4) is 0 Å². The number of carbonyl (C=O) groups is 2. The zero-order valence-corrected chi connectivity index (χ0v) is 15.8. The molecular formula is C19H25N3O2S. The van der Waals surface area contributed by atoms with Gasteiger partial charge in [0.05, 0.1) is 12.1 Å². The first-order valence-corrected chi connectivity index (χ1v) is 9.64. The van der Waals surface area contributed by atoms with Gasteiger partial charge in [0.2, 0.25) is 5.91 Å². The molecule has 1 N–H and O–H groups in total. The predicted octanol–water partition coefficient (Wildman–Crippen LogP) is 3.65. The van der Waals surface area contributed by atoms with E-state index in [0.29, 0.717) is 5.69 Å². The number of thiophene rings is 1. The molecule has 0 radical (unpaired) electrons. The number of carbonyl (C=O) groups excluding carboxylic acids is 2. The van der Waals surface area contributed by atoms with E-state index in [1.165, 1.54) is 0 Å². The second kappa shape index (κ2) is 7.44. The fraction of sp³-hybridized carbons (Fsp3) is 0.474. The van der Waals surface area contributed by atoms with Crippen LogP contribution in [0.2, 0.25) is 0 Å². The van der Waals surface area contributed by atoms with Crippen LogP contribution in [0.3, 0.4) is 0 Å². The highest BCUT2D eigenvalue weighted by Crippen LogP contribution is 2.32. The Morgan fingerprint density at radius 2 is 2.08 bits per heavy atom. The first-order valence-electron chi connectivity index (χ1n) is 8.76. The summed E-state index contributed by atoms with van der Waals surface area (Å²) < 4.78 is 1.93. The van der Waals surface area contributed by atoms with Gasteiger partial charge in [-0.1, -0.05) is 6.07 Å². The lowest BCUT2D eigenvalue weighted by Gasteiger charge is -2.35. The summed E-state index contributed by atoms with van der Waals surface area (Å²) in [5, 5.41) is 5.07. The Hall–Kier alpha value is -2.08. The number of amides is 2. The van der Waals surface area contributed by atoms with Crippen molar-refractivity contribution in [1.82, 2.24) is 14.8 Å². The van der Waals surface area contributed by atoms with Gasteiger partial charge in [-0.15, -0.1) is 11.3 Å². The number of likely N-dealkylation sites (tertiary alicyclic amines) is 1. The van der Waals surface area contributed by atoms with Crippen molar-refractivity contribution < 1.29 is 9.59 Å². The zero-order valence-electron chi connectivity index (χ0n) is 15.0. The molecule has 3 heterocycles. The molecule has 1 aliphatic rings. The number of rotatable bonds is 4. The van der Waals surface area contributed by atoms with Crippen LogP contribution in [0, 0.1) is 0 Å². The van der Waals surface area contributed by atoms with Crippen LogP contribution in [0.4, 0.5) is 0 Å². The highest BCUT2D eigenvalue weighted by atomic mass is 32.1. The lowest BCUT2D eigenvalue weighted by molar-refractivity contribution is -0.132. The van der Waals surface area contributed by atoms with Gasteiger partial charge in [0, 0.05) is 31.1 Å². The summed E-state index contributed by atoms with van der Waals surface area (Å²) in [4.78, 5) is 27.7. The van der Waals surface area contributed by atoms with Crippen molar-refractivity contribution in [2.24, 2.45) is 7.05 Å². The van der Waals surface area contributed by atoms with Crippen LogP contribution in [0.1, 0.15) is 66.3 Å². The number of aromatic nitrogens is 1. The molecular weight excluding hydrogens is 334 g/mol. The molecule has 3 rings (SSSR count). The van der Waals surface area contributed by atoms with Gasteiger partial charge in [-0.2, -0.15) is 0 Å². The van der Waals surface area contributed by atoms with Crippen molar-refractivity contribution >= 4 is 23.2 Å². The summed E-state index contributed by atoms with van der Waals surface area (Å²) in [6.45, 7) is 4.41. The molecule has 25 heavy (non-hydrogen) atoms. The molecule has 1 saturated heterocycles. The van der Waals surface area contributed by atoms with E-state index in [0.717, 1.165) is 36.4 Å². The summed E-state index contributed by atoms with van der Waals surface area (Å²) in [5.74, 6) is 0.0167. The summed E-state index contributed by atoms with van der Waals surface area (Å²) in [6.07, 6.45) is 3.10. The third kappa shape index (κ3) is 3.63. The topological polar surface area (TPSA) is 54.3 Å². The highest BCUT2D eigenvalue weighted by molar-refractivity contribution is 7.10. The standard InChI is InChI=1S/C19H25N3O2S/c1-13(18-8-6-12-25-18)20-19(24)17-10-9-15(21(17)3)16-7-4-5-11-22(16)14(2)23/h6,8-10,12-13,16H,4-5,7,11H2,1-3H3,(H,20,24). The minimum atomic E-state index is -0.0835. The van der Waals surface area contributed by atoms with Gasteiger partial charge in [0.1, 0.15) is 5.69 Å². The average molecular weight is 359 g/mol. The molecule has 1 fully saturated rings. The fourth-order valence-electron chi connectivity index (χ4n) is 3.58. The first kappa shape index (κ1) is 17.7. The highest BCUT2D eigenvalue weighted by Gasteiger charge is 2.29. The van der Waals surface area contributed by atoms with Crippen molar-refractivity contribution in [3.63, 3.8) is 0 Å². The van der Waals surface area contributed by atoms with Crippen molar-refractivity contribution in [2.45, 2.75) is 45.2 Å². The van der Waals surface area contributed by atoms with Crippen LogP contribution in [-0.2, 0) is 11.8 Å². The molecule has 5 nitrogen and oxygen atoms in total. The van der Waals surface area contributed by atoms with Crippen LogP contribution < -0.4 is 5.32 Å². The van der Waals surface area contributed by atoms with E-state index in [4.69, 9.17) is 0 Å². The molecule has 0 bridgehead atoms. The molecule has 2 atom stereocenters. The smallest absolute Gasteiger partial charge is 0.268 e. The van der Waals surface area contributed by atoms with Gasteiger partial charge in [0.15, 0.2) is 0 Å². The van der Waals surface area contributed by atoms with Gasteiger partial charge in [-0.05, 0) is 49.8 Å². The predicted molar refractivity (Wildman–Crippen MR) is 99.6 cm³/mol. The maximum absolute atomic E-state index is 12.7. The second-order valence-corrected chi connectivity index (χ2v) is 7.62. The minimum absolute atomic E-state index is 0.0192. The van der Waals surface area contributed by atoms with Crippen molar-refractivity contribution in [1.29, 1.82) is 0 Å². The van der Waals surface area contributed by atoms with E-state index in [1.54, 1.807) is 18.3 Å². The monoisotopic (exact) mass is 359 g/mol. The van der Waals surface area contributed by atoms with Crippen LogP contribution >= 0.6 is 11.3 Å². The molecule has 2 aromatic rings. The van der Waals surface area contributed by atoms with Crippen LogP contribution in [0.5, 0.6) is 0 Å². The number of nitrogens with zero attached hydrogens (tertiary/aromatic N) is 2. The van der Waals surface area contributed by atoms with Crippen LogP contribution in [0.25, 0.3) is 0 Å². The molecule has 2 aromatic heterocycles. The summed E-state index contributed by atoms with van der Waals surface area (Å²) >= 11 is 1.64.